The number of rotatable bonds is 3. The Labute approximate surface area is 166 Å². The standard InChI is InChI=1S/C21H28N6O/c1-15-10-18(26-8-6-25(3)7-9-26)11-19(24-15)17-4-5-27(14-17)21(28)20-13-22-16(2)12-23-20/h10-13,17H,4-9,14H2,1-3H3. The van der Waals surface area contributed by atoms with Gasteiger partial charge in [0, 0.05) is 68.5 Å². The van der Waals surface area contributed by atoms with E-state index in [4.69, 9.17) is 4.98 Å². The van der Waals surface area contributed by atoms with Crippen LogP contribution < -0.4 is 4.90 Å². The van der Waals surface area contributed by atoms with Gasteiger partial charge in [-0.05, 0) is 39.4 Å². The molecule has 2 aromatic heterocycles. The van der Waals surface area contributed by atoms with Crippen LogP contribution in [0.1, 0.15) is 39.9 Å². The molecule has 2 aromatic rings. The number of carbonyl (C=O) groups is 1. The van der Waals surface area contributed by atoms with E-state index in [1.54, 1.807) is 12.4 Å². The van der Waals surface area contributed by atoms with Crippen molar-refractivity contribution in [1.29, 1.82) is 0 Å². The minimum absolute atomic E-state index is 0.0399. The van der Waals surface area contributed by atoms with Crippen molar-refractivity contribution in [1.82, 2.24) is 24.8 Å². The SMILES string of the molecule is Cc1cnc(C(=O)N2CCC(c3cc(N4CCN(C)CC4)cc(C)n3)C2)cn1. The Kier molecular flexibility index (Phi) is 5.26. The minimum Gasteiger partial charge on any atom is -0.369 e. The van der Waals surface area contributed by atoms with Gasteiger partial charge >= 0.3 is 0 Å². The fourth-order valence-electron chi connectivity index (χ4n) is 3.98. The minimum atomic E-state index is -0.0399. The summed E-state index contributed by atoms with van der Waals surface area (Å²) < 4.78 is 0. The highest BCUT2D eigenvalue weighted by atomic mass is 16.2. The highest BCUT2D eigenvalue weighted by Gasteiger charge is 2.30. The highest BCUT2D eigenvalue weighted by Crippen LogP contribution is 2.30. The van der Waals surface area contributed by atoms with Gasteiger partial charge in [-0.1, -0.05) is 0 Å². The van der Waals surface area contributed by atoms with Gasteiger partial charge in [0.25, 0.3) is 5.91 Å². The molecule has 0 bridgehead atoms. The maximum Gasteiger partial charge on any atom is 0.274 e. The first-order valence-electron chi connectivity index (χ1n) is 9.99. The number of anilines is 1. The monoisotopic (exact) mass is 380 g/mol. The van der Waals surface area contributed by atoms with Crippen LogP contribution in [0.4, 0.5) is 5.69 Å². The van der Waals surface area contributed by atoms with Crippen molar-refractivity contribution in [3.05, 3.63) is 47.3 Å². The van der Waals surface area contributed by atoms with Crippen molar-refractivity contribution in [2.45, 2.75) is 26.2 Å². The largest absolute Gasteiger partial charge is 0.369 e. The molecular formula is C21H28N6O. The predicted octanol–water partition coefficient (Wildman–Crippen LogP) is 1.87. The Balaban J connectivity index is 1.47. The zero-order valence-corrected chi connectivity index (χ0v) is 16.9. The molecule has 1 amide bonds. The van der Waals surface area contributed by atoms with E-state index >= 15 is 0 Å². The van der Waals surface area contributed by atoms with Crippen molar-refractivity contribution in [3.8, 4) is 0 Å². The zero-order valence-electron chi connectivity index (χ0n) is 16.9. The zero-order chi connectivity index (χ0) is 19.7. The summed E-state index contributed by atoms with van der Waals surface area (Å²) in [4.78, 5) is 32.7. The average molecular weight is 380 g/mol. The molecular weight excluding hydrogens is 352 g/mol. The van der Waals surface area contributed by atoms with E-state index in [1.165, 1.54) is 5.69 Å². The first-order valence-corrected chi connectivity index (χ1v) is 9.99. The number of amides is 1. The molecule has 0 aromatic carbocycles. The van der Waals surface area contributed by atoms with Crippen LogP contribution in [-0.2, 0) is 0 Å². The molecule has 1 unspecified atom stereocenters. The second-order valence-electron chi connectivity index (χ2n) is 7.96. The van der Waals surface area contributed by atoms with Crippen LogP contribution in [0, 0.1) is 13.8 Å². The molecule has 0 N–H and O–H groups in total. The van der Waals surface area contributed by atoms with E-state index in [1.807, 2.05) is 11.8 Å². The van der Waals surface area contributed by atoms with Gasteiger partial charge < -0.3 is 14.7 Å². The van der Waals surface area contributed by atoms with Crippen LogP contribution in [0.3, 0.4) is 0 Å². The number of likely N-dealkylation sites (tertiary alicyclic amines) is 1. The molecule has 0 saturated carbocycles. The maximum atomic E-state index is 12.7. The lowest BCUT2D eigenvalue weighted by Gasteiger charge is -2.34. The molecule has 2 aliphatic rings. The van der Waals surface area contributed by atoms with Crippen LogP contribution >= 0.6 is 0 Å². The molecule has 28 heavy (non-hydrogen) atoms. The Bertz CT molecular complexity index is 844. The molecule has 1 atom stereocenters. The molecule has 0 aliphatic carbocycles. The van der Waals surface area contributed by atoms with Crippen molar-refractivity contribution in [3.63, 3.8) is 0 Å². The van der Waals surface area contributed by atoms with Crippen molar-refractivity contribution in [2.24, 2.45) is 0 Å². The van der Waals surface area contributed by atoms with Crippen LogP contribution in [0.25, 0.3) is 0 Å². The number of hydrogen-bond donors (Lipinski definition) is 0. The Hall–Kier alpha value is -2.54. The smallest absolute Gasteiger partial charge is 0.274 e. The topological polar surface area (TPSA) is 65.5 Å². The Morgan fingerprint density at radius 3 is 2.50 bits per heavy atom. The quantitative estimate of drug-likeness (QED) is 0.810. The molecule has 7 nitrogen and oxygen atoms in total. The number of nitrogens with zero attached hydrogens (tertiary/aromatic N) is 6. The summed E-state index contributed by atoms with van der Waals surface area (Å²) in [5, 5.41) is 0. The Morgan fingerprint density at radius 2 is 1.79 bits per heavy atom. The summed E-state index contributed by atoms with van der Waals surface area (Å²) in [6.07, 6.45) is 4.15. The van der Waals surface area contributed by atoms with Crippen molar-refractivity contribution in [2.75, 3.05) is 51.2 Å². The van der Waals surface area contributed by atoms with E-state index in [9.17, 15) is 4.79 Å². The summed E-state index contributed by atoms with van der Waals surface area (Å²) >= 11 is 0. The van der Waals surface area contributed by atoms with Crippen LogP contribution in [0.15, 0.2) is 24.5 Å². The molecule has 0 radical (unpaired) electrons. The summed E-state index contributed by atoms with van der Waals surface area (Å²) in [6, 6.07) is 4.40. The summed E-state index contributed by atoms with van der Waals surface area (Å²) in [7, 11) is 2.17. The van der Waals surface area contributed by atoms with Gasteiger partial charge in [-0.15, -0.1) is 0 Å². The van der Waals surface area contributed by atoms with Gasteiger partial charge in [-0.3, -0.25) is 14.8 Å². The molecule has 148 valence electrons. The molecule has 7 heteroatoms. The number of hydrogen-bond acceptors (Lipinski definition) is 6. The van der Waals surface area contributed by atoms with Gasteiger partial charge in [0.05, 0.1) is 11.9 Å². The molecule has 4 heterocycles. The van der Waals surface area contributed by atoms with Crippen molar-refractivity contribution >= 4 is 11.6 Å². The molecule has 2 aliphatic heterocycles. The maximum absolute atomic E-state index is 12.7. The summed E-state index contributed by atoms with van der Waals surface area (Å²) in [5.74, 6) is 0.232. The van der Waals surface area contributed by atoms with Crippen LogP contribution in [0.5, 0.6) is 0 Å². The average Bonchev–Trinajstić information content (AvgIpc) is 3.18. The molecule has 2 fully saturated rings. The third kappa shape index (κ3) is 3.99. The lowest BCUT2D eigenvalue weighted by Crippen LogP contribution is -2.44. The number of aromatic nitrogens is 3. The number of likely N-dealkylation sites (N-methyl/N-ethyl adjacent to an activating group) is 1. The van der Waals surface area contributed by atoms with Gasteiger partial charge in [-0.25, -0.2) is 4.98 Å². The number of aryl methyl sites for hydroxylation is 2. The third-order valence-electron chi connectivity index (χ3n) is 5.72. The summed E-state index contributed by atoms with van der Waals surface area (Å²) in [6.45, 7) is 9.60. The van der Waals surface area contributed by atoms with E-state index in [0.717, 1.165) is 56.2 Å². The van der Waals surface area contributed by atoms with E-state index < -0.39 is 0 Å². The fourth-order valence-corrected chi connectivity index (χ4v) is 3.98. The summed E-state index contributed by atoms with van der Waals surface area (Å²) in [5.41, 5.74) is 4.63. The first kappa shape index (κ1) is 18.8. The fraction of sp³-hybridized carbons (Fsp3) is 0.524. The first-order chi connectivity index (χ1) is 13.5. The van der Waals surface area contributed by atoms with Crippen molar-refractivity contribution < 1.29 is 4.79 Å². The van der Waals surface area contributed by atoms with E-state index in [0.29, 0.717) is 12.2 Å². The van der Waals surface area contributed by atoms with Gasteiger partial charge in [0.2, 0.25) is 0 Å². The van der Waals surface area contributed by atoms with E-state index in [2.05, 4.69) is 45.9 Å². The predicted molar refractivity (Wildman–Crippen MR) is 109 cm³/mol. The number of carbonyl (C=O) groups excluding carboxylic acids is 1. The highest BCUT2D eigenvalue weighted by molar-refractivity contribution is 5.92. The van der Waals surface area contributed by atoms with Gasteiger partial charge in [-0.2, -0.15) is 0 Å². The second kappa shape index (κ2) is 7.83. The molecule has 4 rings (SSSR count). The lowest BCUT2D eigenvalue weighted by molar-refractivity contribution is 0.0784. The lowest BCUT2D eigenvalue weighted by atomic mass is 10.0. The molecule has 2 saturated heterocycles. The number of pyridine rings is 1. The normalized spacial score (nSPS) is 20.6. The second-order valence-corrected chi connectivity index (χ2v) is 7.96. The van der Waals surface area contributed by atoms with Crippen LogP contribution in [-0.4, -0.2) is 77.0 Å². The van der Waals surface area contributed by atoms with Gasteiger partial charge in [0.15, 0.2) is 0 Å². The van der Waals surface area contributed by atoms with Crippen LogP contribution in [0.2, 0.25) is 0 Å². The Morgan fingerprint density at radius 1 is 1.00 bits per heavy atom. The molecule has 0 spiro atoms. The number of piperazine rings is 1. The van der Waals surface area contributed by atoms with Gasteiger partial charge in [0.1, 0.15) is 5.69 Å². The van der Waals surface area contributed by atoms with E-state index in [-0.39, 0.29) is 11.8 Å². The third-order valence-corrected chi connectivity index (χ3v) is 5.72.